The first kappa shape index (κ1) is 11.3. The summed E-state index contributed by atoms with van der Waals surface area (Å²) in [4.78, 5) is 12.9. The summed E-state index contributed by atoms with van der Waals surface area (Å²) in [6, 6.07) is 1.77. The minimum absolute atomic E-state index is 0.0611. The smallest absolute Gasteiger partial charge is 0.252 e. The molecule has 2 atom stereocenters. The first-order chi connectivity index (χ1) is 7.54. The van der Waals surface area contributed by atoms with Crippen molar-refractivity contribution >= 4 is 5.91 Å². The van der Waals surface area contributed by atoms with Crippen molar-refractivity contribution in [1.82, 2.24) is 4.90 Å². The third-order valence-electron chi connectivity index (χ3n) is 3.65. The van der Waals surface area contributed by atoms with Gasteiger partial charge in [0, 0.05) is 25.4 Å². The molecule has 88 valence electrons. The molecule has 2 fully saturated rings. The molecule has 2 rings (SSSR count). The van der Waals surface area contributed by atoms with Crippen molar-refractivity contribution in [2.75, 3.05) is 13.1 Å². The van der Waals surface area contributed by atoms with E-state index >= 15 is 0 Å². The number of halogens is 2. The third-order valence-corrected chi connectivity index (χ3v) is 3.65. The van der Waals surface area contributed by atoms with Crippen LogP contribution in [-0.2, 0) is 4.79 Å². The molecule has 1 heterocycles. The fourth-order valence-corrected chi connectivity index (χ4v) is 2.81. The Morgan fingerprint density at radius 1 is 1.50 bits per heavy atom. The van der Waals surface area contributed by atoms with Gasteiger partial charge in [-0.15, -0.1) is 0 Å². The number of alkyl halides is 2. The molecule has 0 aromatic heterocycles. The average Bonchev–Trinajstić information content (AvgIpc) is 2.63. The third kappa shape index (κ3) is 1.89. The molecule has 16 heavy (non-hydrogen) atoms. The molecule has 1 saturated heterocycles. The van der Waals surface area contributed by atoms with Crippen LogP contribution in [-0.4, -0.2) is 29.8 Å². The van der Waals surface area contributed by atoms with Crippen LogP contribution < -0.4 is 0 Å². The van der Waals surface area contributed by atoms with Gasteiger partial charge in [-0.1, -0.05) is 0 Å². The van der Waals surface area contributed by atoms with E-state index in [1.807, 2.05) is 0 Å². The van der Waals surface area contributed by atoms with Gasteiger partial charge in [-0.25, -0.2) is 8.78 Å². The van der Waals surface area contributed by atoms with Gasteiger partial charge in [0.15, 0.2) is 0 Å². The van der Waals surface area contributed by atoms with Crippen LogP contribution in [0.1, 0.15) is 25.7 Å². The monoisotopic (exact) mass is 228 g/mol. The molecular formula is C11H14F2N2O. The fourth-order valence-electron chi connectivity index (χ4n) is 2.81. The maximum absolute atomic E-state index is 13.6. The molecule has 0 radical (unpaired) electrons. The van der Waals surface area contributed by atoms with Gasteiger partial charge in [-0.3, -0.25) is 4.79 Å². The summed E-state index contributed by atoms with van der Waals surface area (Å²) in [5.41, 5.74) is 0. The minimum atomic E-state index is -2.63. The molecule has 2 aliphatic rings. The summed E-state index contributed by atoms with van der Waals surface area (Å²) in [7, 11) is 0. The molecule has 1 amide bonds. The quantitative estimate of drug-likeness (QED) is 0.686. The second kappa shape index (κ2) is 4.00. The molecule has 0 N–H and O–H groups in total. The highest BCUT2D eigenvalue weighted by Crippen LogP contribution is 2.45. The molecule has 1 saturated carbocycles. The van der Waals surface area contributed by atoms with E-state index < -0.39 is 11.8 Å². The summed E-state index contributed by atoms with van der Waals surface area (Å²) in [6.07, 6.45) is 1.05. The molecule has 0 bridgehead atoms. The minimum Gasteiger partial charge on any atom is -0.341 e. The number of rotatable bonds is 1. The average molecular weight is 228 g/mol. The molecular weight excluding hydrogens is 214 g/mol. The Hall–Kier alpha value is -1.18. The number of likely N-dealkylation sites (tertiary alicyclic amines) is 1. The van der Waals surface area contributed by atoms with Gasteiger partial charge in [0.2, 0.25) is 5.91 Å². The van der Waals surface area contributed by atoms with Crippen molar-refractivity contribution in [3.63, 3.8) is 0 Å². The first-order valence-corrected chi connectivity index (χ1v) is 5.57. The first-order valence-electron chi connectivity index (χ1n) is 5.57. The van der Waals surface area contributed by atoms with Crippen LogP contribution in [0.5, 0.6) is 0 Å². The summed E-state index contributed by atoms with van der Waals surface area (Å²) in [6.45, 7) is 0.527. The maximum atomic E-state index is 13.6. The lowest BCUT2D eigenvalue weighted by Crippen LogP contribution is -2.38. The van der Waals surface area contributed by atoms with Gasteiger partial charge in [0.05, 0.1) is 6.07 Å². The second-order valence-electron chi connectivity index (χ2n) is 4.65. The number of fused-ring (bicyclic) bond motifs is 1. The topological polar surface area (TPSA) is 44.1 Å². The normalized spacial score (nSPS) is 31.9. The standard InChI is InChI=1S/C11H14F2N2O/c12-11(13)4-1-2-8-6-15(7-9(8)11)10(16)3-5-14/h8-9H,1-4,6-7H2/t8-,9+/m0/s1. The largest absolute Gasteiger partial charge is 0.341 e. The molecule has 0 aromatic rings. The van der Waals surface area contributed by atoms with Gasteiger partial charge < -0.3 is 4.90 Å². The van der Waals surface area contributed by atoms with Gasteiger partial charge in [0.25, 0.3) is 5.92 Å². The number of carbonyl (C=O) groups excluding carboxylic acids is 1. The van der Waals surface area contributed by atoms with E-state index in [2.05, 4.69) is 0 Å². The highest BCUT2D eigenvalue weighted by atomic mass is 19.3. The second-order valence-corrected chi connectivity index (χ2v) is 4.65. The number of hydrogen-bond acceptors (Lipinski definition) is 2. The molecule has 0 unspecified atom stereocenters. The molecule has 0 aromatic carbocycles. The highest BCUT2D eigenvalue weighted by Gasteiger charge is 2.51. The van der Waals surface area contributed by atoms with Crippen LogP contribution in [0, 0.1) is 23.2 Å². The Morgan fingerprint density at radius 2 is 2.25 bits per heavy atom. The molecule has 1 aliphatic heterocycles. The maximum Gasteiger partial charge on any atom is 0.252 e. The van der Waals surface area contributed by atoms with Crippen LogP contribution in [0.15, 0.2) is 0 Å². The lowest BCUT2D eigenvalue weighted by Gasteiger charge is -2.32. The lowest BCUT2D eigenvalue weighted by atomic mass is 9.79. The van der Waals surface area contributed by atoms with E-state index in [0.717, 1.165) is 6.42 Å². The summed E-state index contributed by atoms with van der Waals surface area (Å²) in [5, 5.41) is 8.41. The van der Waals surface area contributed by atoms with Crippen molar-refractivity contribution in [3.8, 4) is 6.07 Å². The van der Waals surface area contributed by atoms with Crippen molar-refractivity contribution < 1.29 is 13.6 Å². The fraction of sp³-hybridized carbons (Fsp3) is 0.818. The van der Waals surface area contributed by atoms with Crippen LogP contribution in [0.2, 0.25) is 0 Å². The Bertz CT molecular complexity index is 337. The summed E-state index contributed by atoms with van der Waals surface area (Å²) in [5.74, 6) is -3.71. The molecule has 5 heteroatoms. The zero-order chi connectivity index (χ0) is 11.8. The lowest BCUT2D eigenvalue weighted by molar-refractivity contribution is -0.130. The predicted octanol–water partition coefficient (Wildman–Crippen LogP) is 1.79. The zero-order valence-electron chi connectivity index (χ0n) is 8.96. The van der Waals surface area contributed by atoms with Crippen molar-refractivity contribution in [3.05, 3.63) is 0 Å². The van der Waals surface area contributed by atoms with Crippen LogP contribution in [0.3, 0.4) is 0 Å². The summed E-state index contributed by atoms with van der Waals surface area (Å²) < 4.78 is 27.2. The van der Waals surface area contributed by atoms with Crippen molar-refractivity contribution in [2.45, 2.75) is 31.6 Å². The van der Waals surface area contributed by atoms with E-state index in [9.17, 15) is 13.6 Å². The van der Waals surface area contributed by atoms with E-state index in [1.165, 1.54) is 4.90 Å². The Morgan fingerprint density at radius 3 is 2.88 bits per heavy atom. The van der Waals surface area contributed by atoms with E-state index in [0.29, 0.717) is 13.0 Å². The Balaban J connectivity index is 2.05. The van der Waals surface area contributed by atoms with E-state index in [1.54, 1.807) is 6.07 Å². The molecule has 1 aliphatic carbocycles. The SMILES string of the molecule is N#CCC(=O)N1C[C@@H]2CCCC(F)(F)[C@@H]2C1. The van der Waals surface area contributed by atoms with E-state index in [4.69, 9.17) is 5.26 Å². The summed E-state index contributed by atoms with van der Waals surface area (Å²) >= 11 is 0. The molecule has 3 nitrogen and oxygen atoms in total. The number of carbonyl (C=O) groups is 1. The van der Waals surface area contributed by atoms with E-state index in [-0.39, 0.29) is 31.2 Å². The van der Waals surface area contributed by atoms with Crippen LogP contribution >= 0.6 is 0 Å². The van der Waals surface area contributed by atoms with Gasteiger partial charge >= 0.3 is 0 Å². The zero-order valence-corrected chi connectivity index (χ0v) is 8.96. The number of amides is 1. The highest BCUT2D eigenvalue weighted by molar-refractivity contribution is 5.78. The number of hydrogen-bond donors (Lipinski definition) is 0. The van der Waals surface area contributed by atoms with Crippen LogP contribution in [0.25, 0.3) is 0 Å². The van der Waals surface area contributed by atoms with Crippen LogP contribution in [0.4, 0.5) is 8.78 Å². The number of nitriles is 1. The van der Waals surface area contributed by atoms with Crippen molar-refractivity contribution in [1.29, 1.82) is 5.26 Å². The van der Waals surface area contributed by atoms with Gasteiger partial charge in [-0.2, -0.15) is 5.26 Å². The van der Waals surface area contributed by atoms with Gasteiger partial charge in [0.1, 0.15) is 6.42 Å². The molecule has 0 spiro atoms. The van der Waals surface area contributed by atoms with Gasteiger partial charge in [-0.05, 0) is 18.8 Å². The Labute approximate surface area is 93.0 Å². The van der Waals surface area contributed by atoms with Crippen molar-refractivity contribution in [2.24, 2.45) is 11.8 Å². The predicted molar refractivity (Wildman–Crippen MR) is 52.6 cm³/mol. The number of nitrogens with zero attached hydrogens (tertiary/aromatic N) is 2. The Kier molecular flexibility index (Phi) is 2.83.